The van der Waals surface area contributed by atoms with Gasteiger partial charge in [-0.05, 0) is 18.6 Å². The van der Waals surface area contributed by atoms with Crippen LogP contribution in [0.4, 0.5) is 0 Å². The van der Waals surface area contributed by atoms with E-state index < -0.39 is 0 Å². The van der Waals surface area contributed by atoms with Crippen molar-refractivity contribution in [1.82, 2.24) is 0 Å². The summed E-state index contributed by atoms with van der Waals surface area (Å²) >= 11 is 0. The van der Waals surface area contributed by atoms with Crippen molar-refractivity contribution in [2.24, 2.45) is 5.73 Å². The molecule has 14 heavy (non-hydrogen) atoms. The zero-order valence-electron chi connectivity index (χ0n) is 8.45. The molecule has 1 atom stereocenters. The molecule has 0 saturated heterocycles. The first-order valence-corrected chi connectivity index (χ1v) is 4.43. The highest BCUT2D eigenvalue weighted by Gasteiger charge is 2.18. The fraction of sp³-hybridized carbons (Fsp3) is 0.500. The molecule has 0 spiro atoms. The predicted octanol–water partition coefficient (Wildman–Crippen LogP) is 0.390. The fourth-order valence-electron chi connectivity index (χ4n) is 1.38. The fourth-order valence-corrected chi connectivity index (χ4v) is 1.38. The average Bonchev–Trinajstić information content (AvgIpc) is 2.27. The average molecular weight is 197 g/mol. The third-order valence-corrected chi connectivity index (χ3v) is 2.17. The molecule has 0 heterocycles. The molecule has 1 unspecified atom stereocenters. The Morgan fingerprint density at radius 3 is 2.86 bits per heavy atom. The maximum absolute atomic E-state index is 11.3. The van der Waals surface area contributed by atoms with Crippen molar-refractivity contribution >= 4 is 5.97 Å². The SMILES string of the molecule is COC(=O)C1=CC(OC)CC(CN)=C1. The summed E-state index contributed by atoms with van der Waals surface area (Å²) in [7, 11) is 2.96. The van der Waals surface area contributed by atoms with Crippen molar-refractivity contribution in [2.75, 3.05) is 20.8 Å². The van der Waals surface area contributed by atoms with Crippen LogP contribution in [-0.4, -0.2) is 32.8 Å². The minimum atomic E-state index is -0.349. The van der Waals surface area contributed by atoms with Crippen molar-refractivity contribution in [3.05, 3.63) is 23.3 Å². The van der Waals surface area contributed by atoms with Crippen molar-refractivity contribution < 1.29 is 14.3 Å². The highest BCUT2D eigenvalue weighted by molar-refractivity contribution is 5.92. The third-order valence-electron chi connectivity index (χ3n) is 2.17. The minimum absolute atomic E-state index is 0.0763. The van der Waals surface area contributed by atoms with Crippen LogP contribution >= 0.6 is 0 Å². The van der Waals surface area contributed by atoms with E-state index in [1.165, 1.54) is 7.11 Å². The van der Waals surface area contributed by atoms with E-state index >= 15 is 0 Å². The van der Waals surface area contributed by atoms with E-state index in [0.717, 1.165) is 12.0 Å². The van der Waals surface area contributed by atoms with Crippen LogP contribution in [0.25, 0.3) is 0 Å². The first-order valence-electron chi connectivity index (χ1n) is 4.43. The monoisotopic (exact) mass is 197 g/mol. The van der Waals surface area contributed by atoms with Gasteiger partial charge in [-0.2, -0.15) is 0 Å². The van der Waals surface area contributed by atoms with Gasteiger partial charge in [0.1, 0.15) is 0 Å². The van der Waals surface area contributed by atoms with Crippen LogP contribution < -0.4 is 5.73 Å². The lowest BCUT2D eigenvalue weighted by Gasteiger charge is -2.18. The molecule has 0 saturated carbocycles. The van der Waals surface area contributed by atoms with E-state index in [2.05, 4.69) is 4.74 Å². The normalized spacial score (nSPS) is 21.2. The summed E-state index contributed by atoms with van der Waals surface area (Å²) in [4.78, 5) is 11.3. The number of esters is 1. The summed E-state index contributed by atoms with van der Waals surface area (Å²) in [6.07, 6.45) is 4.19. The van der Waals surface area contributed by atoms with Gasteiger partial charge >= 0.3 is 5.97 Å². The van der Waals surface area contributed by atoms with Crippen LogP contribution in [0.1, 0.15) is 6.42 Å². The van der Waals surface area contributed by atoms with E-state index in [1.54, 1.807) is 19.3 Å². The molecule has 0 aromatic rings. The predicted molar refractivity (Wildman–Crippen MR) is 52.7 cm³/mol. The minimum Gasteiger partial charge on any atom is -0.465 e. The number of ether oxygens (including phenoxy) is 2. The van der Waals surface area contributed by atoms with Crippen LogP contribution in [0.15, 0.2) is 23.3 Å². The molecule has 0 aromatic carbocycles. The lowest BCUT2D eigenvalue weighted by Crippen LogP contribution is -2.20. The molecule has 2 N–H and O–H groups in total. The largest absolute Gasteiger partial charge is 0.465 e. The van der Waals surface area contributed by atoms with Crippen LogP contribution in [-0.2, 0) is 14.3 Å². The van der Waals surface area contributed by atoms with Crippen LogP contribution in [0, 0.1) is 0 Å². The number of hydrogen-bond donors (Lipinski definition) is 1. The zero-order valence-corrected chi connectivity index (χ0v) is 8.45. The number of carbonyl (C=O) groups excluding carboxylic acids is 1. The van der Waals surface area contributed by atoms with Gasteiger partial charge in [-0.1, -0.05) is 5.57 Å². The van der Waals surface area contributed by atoms with E-state index in [1.807, 2.05) is 0 Å². The smallest absolute Gasteiger partial charge is 0.337 e. The molecule has 0 amide bonds. The third kappa shape index (κ3) is 2.43. The Morgan fingerprint density at radius 2 is 2.36 bits per heavy atom. The molecule has 1 rings (SSSR count). The Labute approximate surface area is 83.4 Å². The molecule has 78 valence electrons. The van der Waals surface area contributed by atoms with Gasteiger partial charge in [0.05, 0.1) is 18.8 Å². The molecule has 0 radical (unpaired) electrons. The summed E-state index contributed by atoms with van der Waals surface area (Å²) in [6.45, 7) is 0.439. The summed E-state index contributed by atoms with van der Waals surface area (Å²) in [5.41, 5.74) is 7.04. The van der Waals surface area contributed by atoms with Gasteiger partial charge in [-0.25, -0.2) is 4.79 Å². The van der Waals surface area contributed by atoms with Gasteiger partial charge in [0.2, 0.25) is 0 Å². The van der Waals surface area contributed by atoms with Crippen LogP contribution in [0.3, 0.4) is 0 Å². The van der Waals surface area contributed by atoms with E-state index in [0.29, 0.717) is 12.1 Å². The van der Waals surface area contributed by atoms with Crippen molar-refractivity contribution in [1.29, 1.82) is 0 Å². The lowest BCUT2D eigenvalue weighted by molar-refractivity contribution is -0.135. The van der Waals surface area contributed by atoms with Crippen molar-refractivity contribution in [2.45, 2.75) is 12.5 Å². The number of hydrogen-bond acceptors (Lipinski definition) is 4. The van der Waals surface area contributed by atoms with Gasteiger partial charge in [0.15, 0.2) is 0 Å². The zero-order chi connectivity index (χ0) is 10.6. The number of methoxy groups -OCH3 is 2. The number of nitrogens with two attached hydrogens (primary N) is 1. The summed E-state index contributed by atoms with van der Waals surface area (Å²) in [5, 5.41) is 0. The Morgan fingerprint density at radius 1 is 1.64 bits per heavy atom. The van der Waals surface area contributed by atoms with E-state index in [-0.39, 0.29) is 12.1 Å². The van der Waals surface area contributed by atoms with Gasteiger partial charge in [-0.15, -0.1) is 0 Å². The molecule has 0 aromatic heterocycles. The van der Waals surface area contributed by atoms with Crippen molar-refractivity contribution in [3.8, 4) is 0 Å². The van der Waals surface area contributed by atoms with Crippen LogP contribution in [0.2, 0.25) is 0 Å². The maximum atomic E-state index is 11.3. The first-order chi connectivity index (χ1) is 6.71. The standard InChI is InChI=1S/C10H15NO3/c1-13-9-4-7(6-11)3-8(5-9)10(12)14-2/h3,5,9H,4,6,11H2,1-2H3. The number of rotatable bonds is 3. The Balaban J connectivity index is 2.85. The molecule has 0 bridgehead atoms. The van der Waals surface area contributed by atoms with Gasteiger partial charge in [0, 0.05) is 13.7 Å². The molecule has 0 aliphatic heterocycles. The van der Waals surface area contributed by atoms with E-state index in [9.17, 15) is 4.79 Å². The van der Waals surface area contributed by atoms with Crippen molar-refractivity contribution in [3.63, 3.8) is 0 Å². The molecular weight excluding hydrogens is 182 g/mol. The number of carbonyl (C=O) groups is 1. The van der Waals surface area contributed by atoms with Crippen LogP contribution in [0.5, 0.6) is 0 Å². The highest BCUT2D eigenvalue weighted by atomic mass is 16.5. The summed E-state index contributed by atoms with van der Waals surface area (Å²) in [5.74, 6) is -0.349. The molecular formula is C10H15NO3. The van der Waals surface area contributed by atoms with E-state index in [4.69, 9.17) is 10.5 Å². The topological polar surface area (TPSA) is 61.5 Å². The Bertz CT molecular complexity index is 281. The second kappa shape index (κ2) is 4.93. The molecule has 0 fully saturated rings. The van der Waals surface area contributed by atoms with Gasteiger partial charge in [0.25, 0.3) is 0 Å². The summed E-state index contributed by atoms with van der Waals surface area (Å²) in [6, 6.07) is 0. The first kappa shape index (κ1) is 10.9. The van der Waals surface area contributed by atoms with Gasteiger partial charge in [-0.3, -0.25) is 0 Å². The van der Waals surface area contributed by atoms with Gasteiger partial charge < -0.3 is 15.2 Å². The highest BCUT2D eigenvalue weighted by Crippen LogP contribution is 2.19. The Kier molecular flexibility index (Phi) is 3.85. The lowest BCUT2D eigenvalue weighted by atomic mass is 9.97. The molecule has 1 aliphatic rings. The molecule has 4 nitrogen and oxygen atoms in total. The second-order valence-corrected chi connectivity index (χ2v) is 3.10. The quantitative estimate of drug-likeness (QED) is 0.665. The second-order valence-electron chi connectivity index (χ2n) is 3.10. The Hall–Kier alpha value is -1.13. The molecule has 1 aliphatic carbocycles. The summed E-state index contributed by atoms with van der Waals surface area (Å²) < 4.78 is 9.79. The maximum Gasteiger partial charge on any atom is 0.337 e. The molecule has 4 heteroatoms.